The smallest absolute Gasteiger partial charge is 0.0893 e. The number of hydrogen-bond donors (Lipinski definition) is 0. The number of hydrogen-bond acceptors (Lipinski definition) is 0. The van der Waals surface area contributed by atoms with E-state index in [1.54, 1.807) is 10.8 Å². The monoisotopic (exact) mass is 228 g/mol. The van der Waals surface area contributed by atoms with Crippen molar-refractivity contribution in [2.75, 3.05) is 0 Å². The van der Waals surface area contributed by atoms with Crippen LogP contribution in [0.1, 0.15) is 26.3 Å². The van der Waals surface area contributed by atoms with Gasteiger partial charge in [-0.2, -0.15) is 0 Å². The van der Waals surface area contributed by atoms with Crippen LogP contribution in [-0.2, 0) is 6.42 Å². The molecule has 2 rings (SSSR count). The van der Waals surface area contributed by atoms with Crippen LogP contribution in [0.25, 0.3) is 0 Å². The fraction of sp³-hybridized carbons (Fsp3) is 0.333. The molecule has 0 radical (unpaired) electrons. The third-order valence-electron chi connectivity index (χ3n) is 2.88. The summed E-state index contributed by atoms with van der Waals surface area (Å²) in [5.41, 5.74) is 6.72. The highest BCUT2D eigenvalue weighted by molar-refractivity contribution is 6.83. The predicted octanol–water partition coefficient (Wildman–Crippen LogP) is 2.91. The van der Waals surface area contributed by atoms with Gasteiger partial charge in [0.2, 0.25) is 0 Å². The van der Waals surface area contributed by atoms with Gasteiger partial charge < -0.3 is 0 Å². The fourth-order valence-electron chi connectivity index (χ4n) is 2.23. The lowest BCUT2D eigenvalue weighted by Crippen LogP contribution is -2.30. The molecule has 1 aromatic carbocycles. The summed E-state index contributed by atoms with van der Waals surface area (Å²) in [5, 5.41) is 1.60. The van der Waals surface area contributed by atoms with Crippen molar-refractivity contribution in [2.24, 2.45) is 5.41 Å². The molecule has 0 nitrogen and oxygen atoms in total. The van der Waals surface area contributed by atoms with Crippen molar-refractivity contribution in [1.29, 1.82) is 0 Å². The zero-order valence-corrected chi connectivity index (χ0v) is 11.6. The Morgan fingerprint density at radius 2 is 1.62 bits per heavy atom. The Kier molecular flexibility index (Phi) is 3.15. The maximum Gasteiger partial charge on any atom is 0.118 e. The van der Waals surface area contributed by atoms with Gasteiger partial charge in [0, 0.05) is 0 Å². The largest absolute Gasteiger partial charge is 0.118 e. The van der Waals surface area contributed by atoms with Gasteiger partial charge in [-0.15, -0.1) is 0 Å². The van der Waals surface area contributed by atoms with Crippen LogP contribution in [0.3, 0.4) is 0 Å². The van der Waals surface area contributed by atoms with E-state index in [2.05, 4.69) is 68.6 Å². The van der Waals surface area contributed by atoms with Gasteiger partial charge in [0.15, 0.2) is 0 Å². The van der Waals surface area contributed by atoms with Crippen molar-refractivity contribution >= 4 is 14.0 Å². The minimum absolute atomic E-state index is 0.372. The molecule has 0 unspecified atom stereocenters. The Morgan fingerprint density at radius 1 is 1.00 bits per heavy atom. The average molecular weight is 228 g/mol. The number of rotatable bonds is 2. The molecular weight excluding hydrogens is 208 g/mol. The molecule has 0 spiro atoms. The van der Waals surface area contributed by atoms with Crippen molar-refractivity contribution in [2.45, 2.75) is 27.2 Å². The highest BCUT2D eigenvalue weighted by Gasteiger charge is 2.17. The highest BCUT2D eigenvalue weighted by atomic mass is 28.3. The summed E-state index contributed by atoms with van der Waals surface area (Å²) in [4.78, 5) is 0. The number of allylic oxidation sites excluding steroid dienone is 2. The van der Waals surface area contributed by atoms with Gasteiger partial charge in [-0.05, 0) is 17.4 Å². The van der Waals surface area contributed by atoms with Gasteiger partial charge in [0.05, 0.1) is 0 Å². The third-order valence-corrected chi connectivity index (χ3v) is 5.44. The van der Waals surface area contributed by atoms with E-state index in [1.807, 2.05) is 0 Å². The molecule has 0 fully saturated rings. The van der Waals surface area contributed by atoms with Crippen molar-refractivity contribution in [3.8, 4) is 0 Å². The molecule has 1 aliphatic heterocycles. The Morgan fingerprint density at radius 3 is 2.25 bits per heavy atom. The van der Waals surface area contributed by atoms with Crippen LogP contribution >= 0.6 is 0 Å². The molecule has 0 saturated heterocycles. The van der Waals surface area contributed by atoms with Crippen LogP contribution < -0.4 is 5.19 Å². The molecule has 0 atom stereocenters. The quantitative estimate of drug-likeness (QED) is 0.683. The summed E-state index contributed by atoms with van der Waals surface area (Å²) in [6.45, 7) is 6.93. The van der Waals surface area contributed by atoms with Crippen molar-refractivity contribution < 1.29 is 0 Å². The van der Waals surface area contributed by atoms with Gasteiger partial charge in [-0.25, -0.2) is 0 Å². The van der Waals surface area contributed by atoms with Gasteiger partial charge in [0.1, 0.15) is 8.80 Å². The Balaban J connectivity index is 2.30. The first-order valence-electron chi connectivity index (χ1n) is 5.99. The molecule has 1 heteroatoms. The third kappa shape index (κ3) is 2.73. The van der Waals surface area contributed by atoms with Gasteiger partial charge >= 0.3 is 0 Å². The predicted molar refractivity (Wildman–Crippen MR) is 74.7 cm³/mol. The van der Waals surface area contributed by atoms with Crippen LogP contribution in [0.2, 0.25) is 0 Å². The second-order valence-electron chi connectivity index (χ2n) is 5.73. The van der Waals surface area contributed by atoms with Gasteiger partial charge in [-0.1, -0.05) is 73.8 Å². The highest BCUT2D eigenvalue weighted by Crippen LogP contribution is 2.20. The second kappa shape index (κ2) is 4.42. The van der Waals surface area contributed by atoms with E-state index in [1.165, 1.54) is 6.42 Å². The molecule has 0 aromatic heterocycles. The molecule has 0 bridgehead atoms. The lowest BCUT2D eigenvalue weighted by molar-refractivity contribution is 0.412. The van der Waals surface area contributed by atoms with E-state index in [0.29, 0.717) is 5.41 Å². The standard InChI is InChI=1S/C15H20Si/c1-15(2,3)12-13-8-4-5-9-14(13)16-10-6-7-11-16/h4-11,16H,12H2,1-3H3. The van der Waals surface area contributed by atoms with Crippen LogP contribution in [0.15, 0.2) is 47.8 Å². The summed E-state index contributed by atoms with van der Waals surface area (Å²) in [6, 6.07) is 8.96. The second-order valence-corrected chi connectivity index (χ2v) is 8.18. The number of benzene rings is 1. The minimum atomic E-state index is -0.929. The van der Waals surface area contributed by atoms with Gasteiger partial charge in [0.25, 0.3) is 0 Å². The van der Waals surface area contributed by atoms with Crippen LogP contribution in [0.4, 0.5) is 0 Å². The lowest BCUT2D eigenvalue weighted by Gasteiger charge is -2.21. The first-order valence-corrected chi connectivity index (χ1v) is 7.90. The molecule has 1 heterocycles. The SMILES string of the molecule is CC(C)(C)Cc1ccccc1[SiH]1C=CC=C1. The Hall–Kier alpha value is -1.08. The first kappa shape index (κ1) is 11.4. The first-order chi connectivity index (χ1) is 7.56. The van der Waals surface area contributed by atoms with E-state index in [9.17, 15) is 0 Å². The molecule has 84 valence electrons. The fourth-order valence-corrected chi connectivity index (χ4v) is 4.47. The molecule has 0 N–H and O–H groups in total. The average Bonchev–Trinajstić information content (AvgIpc) is 2.69. The molecule has 16 heavy (non-hydrogen) atoms. The normalized spacial score (nSPS) is 15.9. The van der Waals surface area contributed by atoms with Crippen LogP contribution in [0, 0.1) is 5.41 Å². The summed E-state index contributed by atoms with van der Waals surface area (Å²) < 4.78 is 0. The van der Waals surface area contributed by atoms with Crippen LogP contribution in [-0.4, -0.2) is 8.80 Å². The molecule has 0 saturated carbocycles. The maximum atomic E-state index is 2.40. The summed E-state index contributed by atoms with van der Waals surface area (Å²) in [5.74, 6) is 0. The maximum absolute atomic E-state index is 2.40. The Labute approximate surface area is 100 Å². The van der Waals surface area contributed by atoms with E-state index < -0.39 is 8.80 Å². The molecule has 1 aliphatic rings. The van der Waals surface area contributed by atoms with E-state index in [-0.39, 0.29) is 0 Å². The minimum Gasteiger partial charge on any atom is -0.0893 e. The van der Waals surface area contributed by atoms with E-state index >= 15 is 0 Å². The van der Waals surface area contributed by atoms with E-state index in [0.717, 1.165) is 0 Å². The topological polar surface area (TPSA) is 0 Å². The summed E-state index contributed by atoms with van der Waals surface area (Å²) in [7, 11) is -0.929. The van der Waals surface area contributed by atoms with Crippen LogP contribution in [0.5, 0.6) is 0 Å². The van der Waals surface area contributed by atoms with Crippen molar-refractivity contribution in [3.63, 3.8) is 0 Å². The van der Waals surface area contributed by atoms with Crippen molar-refractivity contribution in [1.82, 2.24) is 0 Å². The van der Waals surface area contributed by atoms with Crippen molar-refractivity contribution in [3.05, 3.63) is 53.4 Å². The summed E-state index contributed by atoms with van der Waals surface area (Å²) >= 11 is 0. The lowest BCUT2D eigenvalue weighted by atomic mass is 9.88. The molecule has 0 amide bonds. The summed E-state index contributed by atoms with van der Waals surface area (Å²) in [6.07, 6.45) is 5.57. The zero-order valence-electron chi connectivity index (χ0n) is 10.4. The Bertz CT molecular complexity index is 409. The molecular formula is C15H20Si. The molecule has 1 aromatic rings. The van der Waals surface area contributed by atoms with Gasteiger partial charge in [-0.3, -0.25) is 0 Å². The zero-order chi connectivity index (χ0) is 11.6. The molecule has 0 aliphatic carbocycles. The van der Waals surface area contributed by atoms with E-state index in [4.69, 9.17) is 0 Å².